The summed E-state index contributed by atoms with van der Waals surface area (Å²) in [6, 6.07) is 3.53. The number of hydrogen-bond acceptors (Lipinski definition) is 3. The topological polar surface area (TPSA) is 42.7 Å². The molecular weight excluding hydrogens is 182 g/mol. The molecule has 0 saturated carbocycles. The second-order valence-electron chi connectivity index (χ2n) is 3.40. The number of morpholine rings is 1. The molecule has 4 nitrogen and oxygen atoms in total. The summed E-state index contributed by atoms with van der Waals surface area (Å²) in [5.41, 5.74) is 0. The van der Waals surface area contributed by atoms with Crippen molar-refractivity contribution >= 4 is 5.91 Å². The predicted molar refractivity (Wildman–Crippen MR) is 50.0 cm³/mol. The molecule has 0 aliphatic carbocycles. The largest absolute Gasteiger partial charge is 0.459 e. The third kappa shape index (κ3) is 1.65. The van der Waals surface area contributed by atoms with Gasteiger partial charge in [0, 0.05) is 6.54 Å². The minimum atomic E-state index is -0.0502. The van der Waals surface area contributed by atoms with E-state index in [0.29, 0.717) is 25.5 Å². The van der Waals surface area contributed by atoms with Crippen molar-refractivity contribution in [1.29, 1.82) is 0 Å². The predicted octanol–water partition coefficient (Wildman–Crippen LogP) is 1.14. The van der Waals surface area contributed by atoms with Crippen molar-refractivity contribution in [3.63, 3.8) is 0 Å². The molecule has 1 fully saturated rings. The molecule has 4 heteroatoms. The number of rotatable bonds is 1. The van der Waals surface area contributed by atoms with Crippen LogP contribution >= 0.6 is 0 Å². The van der Waals surface area contributed by atoms with Gasteiger partial charge in [-0.15, -0.1) is 0 Å². The van der Waals surface area contributed by atoms with Crippen molar-refractivity contribution in [2.45, 2.75) is 13.0 Å². The number of amides is 1. The Balaban J connectivity index is 2.10. The second-order valence-corrected chi connectivity index (χ2v) is 3.40. The summed E-state index contributed by atoms with van der Waals surface area (Å²) in [6.07, 6.45) is 1.51. The third-order valence-electron chi connectivity index (χ3n) is 2.36. The maximum atomic E-state index is 11.8. The van der Waals surface area contributed by atoms with Gasteiger partial charge in [0.2, 0.25) is 0 Å². The maximum absolute atomic E-state index is 11.8. The van der Waals surface area contributed by atoms with E-state index in [1.165, 1.54) is 6.26 Å². The Bertz CT molecular complexity index is 307. The highest BCUT2D eigenvalue weighted by atomic mass is 16.5. The fourth-order valence-corrected chi connectivity index (χ4v) is 1.57. The molecule has 0 spiro atoms. The van der Waals surface area contributed by atoms with Gasteiger partial charge < -0.3 is 14.1 Å². The summed E-state index contributed by atoms with van der Waals surface area (Å²) in [4.78, 5) is 13.6. The fraction of sp³-hybridized carbons (Fsp3) is 0.500. The highest BCUT2D eigenvalue weighted by Crippen LogP contribution is 2.12. The van der Waals surface area contributed by atoms with Crippen LogP contribution in [0.15, 0.2) is 22.8 Å². The van der Waals surface area contributed by atoms with E-state index in [1.807, 2.05) is 6.92 Å². The first kappa shape index (κ1) is 9.27. The Morgan fingerprint density at radius 1 is 1.64 bits per heavy atom. The van der Waals surface area contributed by atoms with Gasteiger partial charge in [0.25, 0.3) is 5.91 Å². The van der Waals surface area contributed by atoms with Gasteiger partial charge in [0.15, 0.2) is 5.76 Å². The standard InChI is InChI=1S/C10H13NO3/c1-8-7-13-6-4-11(8)10(12)9-3-2-5-14-9/h2-3,5,8H,4,6-7H2,1H3/t8-/m1/s1. The number of carbonyl (C=O) groups is 1. The molecule has 0 radical (unpaired) electrons. The van der Waals surface area contributed by atoms with E-state index in [2.05, 4.69) is 0 Å². The van der Waals surface area contributed by atoms with Gasteiger partial charge in [0.1, 0.15) is 0 Å². The van der Waals surface area contributed by atoms with Gasteiger partial charge in [-0.05, 0) is 19.1 Å². The summed E-state index contributed by atoms with van der Waals surface area (Å²) in [6.45, 7) is 3.82. The van der Waals surface area contributed by atoms with Crippen molar-refractivity contribution in [3.05, 3.63) is 24.2 Å². The highest BCUT2D eigenvalue weighted by molar-refractivity contribution is 5.91. The van der Waals surface area contributed by atoms with Gasteiger partial charge >= 0.3 is 0 Å². The van der Waals surface area contributed by atoms with Crippen LogP contribution in [0.25, 0.3) is 0 Å². The smallest absolute Gasteiger partial charge is 0.289 e. The molecule has 2 heterocycles. The first-order valence-electron chi connectivity index (χ1n) is 4.71. The van der Waals surface area contributed by atoms with Crippen LogP contribution in [0, 0.1) is 0 Å². The average Bonchev–Trinajstić information content (AvgIpc) is 2.70. The van der Waals surface area contributed by atoms with Crippen LogP contribution in [-0.4, -0.2) is 36.6 Å². The molecule has 2 rings (SSSR count). The molecule has 0 unspecified atom stereocenters. The van der Waals surface area contributed by atoms with Gasteiger partial charge in [-0.3, -0.25) is 4.79 Å². The van der Waals surface area contributed by atoms with E-state index in [9.17, 15) is 4.79 Å². The van der Waals surface area contributed by atoms with Crippen LogP contribution in [0.3, 0.4) is 0 Å². The Morgan fingerprint density at radius 2 is 2.50 bits per heavy atom. The maximum Gasteiger partial charge on any atom is 0.289 e. The molecule has 1 aliphatic rings. The minimum Gasteiger partial charge on any atom is -0.459 e. The van der Waals surface area contributed by atoms with E-state index in [1.54, 1.807) is 17.0 Å². The van der Waals surface area contributed by atoms with Gasteiger partial charge in [-0.1, -0.05) is 0 Å². The van der Waals surface area contributed by atoms with Crippen LogP contribution in [0.5, 0.6) is 0 Å². The number of nitrogens with zero attached hydrogens (tertiary/aromatic N) is 1. The Morgan fingerprint density at radius 3 is 3.14 bits per heavy atom. The van der Waals surface area contributed by atoms with Crippen molar-refractivity contribution in [1.82, 2.24) is 4.90 Å². The molecular formula is C10H13NO3. The zero-order valence-electron chi connectivity index (χ0n) is 8.10. The summed E-state index contributed by atoms with van der Waals surface area (Å²) in [5, 5.41) is 0. The number of hydrogen-bond donors (Lipinski definition) is 0. The van der Waals surface area contributed by atoms with Crippen LogP contribution < -0.4 is 0 Å². The number of ether oxygens (including phenoxy) is 1. The summed E-state index contributed by atoms with van der Waals surface area (Å²) in [5.74, 6) is 0.351. The van der Waals surface area contributed by atoms with E-state index in [0.717, 1.165) is 0 Å². The Labute approximate surface area is 82.4 Å². The lowest BCUT2D eigenvalue weighted by molar-refractivity contribution is 0.00197. The molecule has 1 atom stereocenters. The van der Waals surface area contributed by atoms with E-state index >= 15 is 0 Å². The summed E-state index contributed by atoms with van der Waals surface area (Å²) in [7, 11) is 0. The molecule has 0 aromatic carbocycles. The lowest BCUT2D eigenvalue weighted by Gasteiger charge is -2.32. The van der Waals surface area contributed by atoms with Crippen LogP contribution in [0.2, 0.25) is 0 Å². The summed E-state index contributed by atoms with van der Waals surface area (Å²) >= 11 is 0. The zero-order valence-corrected chi connectivity index (χ0v) is 8.10. The van der Waals surface area contributed by atoms with Crippen molar-refractivity contribution in [3.8, 4) is 0 Å². The van der Waals surface area contributed by atoms with Gasteiger partial charge in [0.05, 0.1) is 25.5 Å². The van der Waals surface area contributed by atoms with Crippen LogP contribution in [-0.2, 0) is 4.74 Å². The van der Waals surface area contributed by atoms with Crippen LogP contribution in [0.4, 0.5) is 0 Å². The van der Waals surface area contributed by atoms with E-state index in [-0.39, 0.29) is 11.9 Å². The SMILES string of the molecule is C[C@@H]1COCCN1C(=O)c1ccco1. The molecule has 14 heavy (non-hydrogen) atoms. The van der Waals surface area contributed by atoms with Crippen LogP contribution in [0.1, 0.15) is 17.5 Å². The molecule has 1 aliphatic heterocycles. The first-order chi connectivity index (χ1) is 6.79. The van der Waals surface area contributed by atoms with Gasteiger partial charge in [-0.2, -0.15) is 0 Å². The van der Waals surface area contributed by atoms with Crippen molar-refractivity contribution < 1.29 is 13.9 Å². The van der Waals surface area contributed by atoms with Gasteiger partial charge in [-0.25, -0.2) is 0 Å². The lowest BCUT2D eigenvalue weighted by Crippen LogP contribution is -2.46. The zero-order chi connectivity index (χ0) is 9.97. The molecule has 0 bridgehead atoms. The average molecular weight is 195 g/mol. The van der Waals surface area contributed by atoms with Crippen molar-refractivity contribution in [2.24, 2.45) is 0 Å². The quantitative estimate of drug-likeness (QED) is 0.674. The third-order valence-corrected chi connectivity index (χ3v) is 2.36. The fourth-order valence-electron chi connectivity index (χ4n) is 1.57. The Hall–Kier alpha value is -1.29. The molecule has 1 aromatic heterocycles. The second kappa shape index (κ2) is 3.84. The monoisotopic (exact) mass is 195 g/mol. The Kier molecular flexibility index (Phi) is 2.54. The molecule has 0 N–H and O–H groups in total. The number of furan rings is 1. The van der Waals surface area contributed by atoms with E-state index in [4.69, 9.17) is 9.15 Å². The molecule has 76 valence electrons. The number of carbonyl (C=O) groups excluding carboxylic acids is 1. The summed E-state index contributed by atoms with van der Waals surface area (Å²) < 4.78 is 10.3. The van der Waals surface area contributed by atoms with Crippen molar-refractivity contribution in [2.75, 3.05) is 19.8 Å². The molecule has 1 amide bonds. The minimum absolute atomic E-state index is 0.0502. The molecule has 1 aromatic rings. The highest BCUT2D eigenvalue weighted by Gasteiger charge is 2.25. The first-order valence-corrected chi connectivity index (χ1v) is 4.71. The molecule has 1 saturated heterocycles. The normalized spacial score (nSPS) is 22.4. The lowest BCUT2D eigenvalue weighted by atomic mass is 10.2. The van der Waals surface area contributed by atoms with E-state index < -0.39 is 0 Å².